The van der Waals surface area contributed by atoms with Gasteiger partial charge in [-0.2, -0.15) is 0 Å². The van der Waals surface area contributed by atoms with Gasteiger partial charge in [0, 0.05) is 24.3 Å². The summed E-state index contributed by atoms with van der Waals surface area (Å²) in [4.78, 5) is 14.4. The summed E-state index contributed by atoms with van der Waals surface area (Å²) in [5.41, 5.74) is 2.48. The van der Waals surface area contributed by atoms with Gasteiger partial charge >= 0.3 is 0 Å². The van der Waals surface area contributed by atoms with Crippen LogP contribution in [0.1, 0.15) is 44.7 Å². The van der Waals surface area contributed by atoms with Crippen molar-refractivity contribution < 1.29 is 4.79 Å². The number of carbonyl (C=O) groups is 1. The van der Waals surface area contributed by atoms with Crippen molar-refractivity contribution >= 4 is 11.6 Å². The molecule has 0 spiro atoms. The molecule has 0 saturated heterocycles. The highest BCUT2D eigenvalue weighted by Crippen LogP contribution is 2.32. The Kier molecular flexibility index (Phi) is 5.62. The van der Waals surface area contributed by atoms with Crippen LogP contribution in [-0.2, 0) is 4.79 Å². The number of anilines is 1. The first-order valence-electron chi connectivity index (χ1n) is 8.00. The Balaban J connectivity index is 2.06. The van der Waals surface area contributed by atoms with E-state index in [0.29, 0.717) is 18.6 Å². The highest BCUT2D eigenvalue weighted by atomic mass is 16.2. The fourth-order valence-corrected chi connectivity index (χ4v) is 3.03. The van der Waals surface area contributed by atoms with Gasteiger partial charge in [0.1, 0.15) is 0 Å². The van der Waals surface area contributed by atoms with Gasteiger partial charge in [0.25, 0.3) is 0 Å². The Morgan fingerprint density at radius 1 is 1.33 bits per heavy atom. The third-order valence-corrected chi connectivity index (χ3v) is 4.37. The Hall–Kier alpha value is -1.55. The van der Waals surface area contributed by atoms with Crippen molar-refractivity contribution in [2.45, 2.75) is 45.2 Å². The molecule has 2 rings (SSSR count). The summed E-state index contributed by atoms with van der Waals surface area (Å²) in [7, 11) is 2.00. The molecule has 1 aromatic rings. The zero-order valence-corrected chi connectivity index (χ0v) is 13.4. The van der Waals surface area contributed by atoms with Crippen molar-refractivity contribution in [2.24, 2.45) is 0 Å². The molecule has 4 nitrogen and oxygen atoms in total. The third kappa shape index (κ3) is 3.76. The van der Waals surface area contributed by atoms with Crippen LogP contribution in [0.5, 0.6) is 0 Å². The summed E-state index contributed by atoms with van der Waals surface area (Å²) in [6, 6.07) is 9.06. The molecule has 21 heavy (non-hydrogen) atoms. The number of rotatable bonds is 6. The maximum atomic E-state index is 12.2. The normalized spacial score (nSPS) is 17.7. The molecule has 1 amide bonds. The lowest BCUT2D eigenvalue weighted by molar-refractivity contribution is -0.120. The summed E-state index contributed by atoms with van der Waals surface area (Å²) in [5, 5.41) is 6.48. The summed E-state index contributed by atoms with van der Waals surface area (Å²) >= 11 is 0. The van der Waals surface area contributed by atoms with Crippen molar-refractivity contribution in [1.29, 1.82) is 0 Å². The van der Waals surface area contributed by atoms with Crippen LogP contribution in [0, 0.1) is 0 Å². The molecule has 0 aromatic heterocycles. The van der Waals surface area contributed by atoms with E-state index < -0.39 is 0 Å². The topological polar surface area (TPSA) is 44.4 Å². The summed E-state index contributed by atoms with van der Waals surface area (Å²) in [6.07, 6.45) is 3.01. The van der Waals surface area contributed by atoms with Crippen LogP contribution in [0.15, 0.2) is 24.3 Å². The Bertz CT molecular complexity index is 471. The summed E-state index contributed by atoms with van der Waals surface area (Å²) < 4.78 is 0. The van der Waals surface area contributed by atoms with E-state index in [1.165, 1.54) is 11.3 Å². The lowest BCUT2D eigenvalue weighted by atomic mass is 9.96. The molecule has 1 unspecified atom stereocenters. The summed E-state index contributed by atoms with van der Waals surface area (Å²) in [6.45, 7) is 5.59. The largest absolute Gasteiger partial charge is 0.362 e. The van der Waals surface area contributed by atoms with E-state index in [2.05, 4.69) is 47.6 Å². The first-order valence-corrected chi connectivity index (χ1v) is 8.00. The number of carbonyl (C=O) groups excluding carboxylic acids is 1. The molecule has 0 radical (unpaired) electrons. The van der Waals surface area contributed by atoms with Crippen LogP contribution < -0.4 is 15.5 Å². The van der Waals surface area contributed by atoms with Crippen molar-refractivity contribution in [3.8, 4) is 0 Å². The molecular formula is C17H27N3O. The number of nitrogens with one attached hydrogen (secondary N) is 2. The molecule has 1 heterocycles. The van der Waals surface area contributed by atoms with Gasteiger partial charge in [0.2, 0.25) is 5.91 Å². The minimum Gasteiger partial charge on any atom is -0.362 e. The SMILES string of the molecule is CCC(CC)NC(=O)CN1CCC(NC)c2ccccc21. The maximum absolute atomic E-state index is 12.2. The molecule has 2 N–H and O–H groups in total. The fraction of sp³-hybridized carbons (Fsp3) is 0.588. The first-order chi connectivity index (χ1) is 10.2. The number of fused-ring (bicyclic) bond motifs is 1. The van der Waals surface area contributed by atoms with Gasteiger partial charge in [0.15, 0.2) is 0 Å². The van der Waals surface area contributed by atoms with E-state index in [-0.39, 0.29) is 5.91 Å². The molecule has 0 saturated carbocycles. The smallest absolute Gasteiger partial charge is 0.239 e. The van der Waals surface area contributed by atoms with Crippen LogP contribution in [-0.4, -0.2) is 32.1 Å². The molecule has 116 valence electrons. The number of amides is 1. The third-order valence-electron chi connectivity index (χ3n) is 4.37. The fourth-order valence-electron chi connectivity index (χ4n) is 3.03. The van der Waals surface area contributed by atoms with Gasteiger partial charge in [-0.3, -0.25) is 4.79 Å². The van der Waals surface area contributed by atoms with Gasteiger partial charge < -0.3 is 15.5 Å². The molecule has 0 bridgehead atoms. The van der Waals surface area contributed by atoms with E-state index in [1.54, 1.807) is 0 Å². The lowest BCUT2D eigenvalue weighted by Crippen LogP contribution is -2.44. The monoisotopic (exact) mass is 289 g/mol. The van der Waals surface area contributed by atoms with E-state index in [1.807, 2.05) is 13.1 Å². The van der Waals surface area contributed by atoms with Crippen LogP contribution in [0.3, 0.4) is 0 Å². The van der Waals surface area contributed by atoms with Gasteiger partial charge in [-0.05, 0) is 37.9 Å². The molecular weight excluding hydrogens is 262 g/mol. The van der Waals surface area contributed by atoms with Crippen LogP contribution in [0.2, 0.25) is 0 Å². The van der Waals surface area contributed by atoms with Crippen LogP contribution in [0.4, 0.5) is 5.69 Å². The predicted octanol–water partition coefficient (Wildman–Crippen LogP) is 2.46. The first kappa shape index (κ1) is 15.8. The van der Waals surface area contributed by atoms with Crippen molar-refractivity contribution in [2.75, 3.05) is 25.0 Å². The molecule has 1 aliphatic rings. The van der Waals surface area contributed by atoms with E-state index in [4.69, 9.17) is 0 Å². The maximum Gasteiger partial charge on any atom is 0.239 e. The van der Waals surface area contributed by atoms with Crippen molar-refractivity contribution in [1.82, 2.24) is 10.6 Å². The van der Waals surface area contributed by atoms with Crippen LogP contribution >= 0.6 is 0 Å². The zero-order chi connectivity index (χ0) is 15.2. The van der Waals surface area contributed by atoms with E-state index in [0.717, 1.165) is 25.8 Å². The lowest BCUT2D eigenvalue weighted by Gasteiger charge is -2.35. The number of para-hydroxylation sites is 1. The number of hydrogen-bond donors (Lipinski definition) is 2. The highest BCUT2D eigenvalue weighted by Gasteiger charge is 2.25. The second-order valence-electron chi connectivity index (χ2n) is 5.69. The second kappa shape index (κ2) is 7.46. The van der Waals surface area contributed by atoms with Gasteiger partial charge in [-0.1, -0.05) is 32.0 Å². The molecule has 1 aliphatic heterocycles. The standard InChI is InChI=1S/C17H27N3O/c1-4-13(5-2)19-17(21)12-20-11-10-15(18-3)14-8-6-7-9-16(14)20/h6-9,13,15,18H,4-5,10-12H2,1-3H3,(H,19,21). The average Bonchev–Trinajstić information content (AvgIpc) is 2.53. The van der Waals surface area contributed by atoms with Gasteiger partial charge in [0.05, 0.1) is 6.54 Å². The average molecular weight is 289 g/mol. The van der Waals surface area contributed by atoms with Crippen LogP contribution in [0.25, 0.3) is 0 Å². The molecule has 4 heteroatoms. The number of hydrogen-bond acceptors (Lipinski definition) is 3. The van der Waals surface area contributed by atoms with E-state index in [9.17, 15) is 4.79 Å². The van der Waals surface area contributed by atoms with Gasteiger partial charge in [-0.15, -0.1) is 0 Å². The highest BCUT2D eigenvalue weighted by molar-refractivity contribution is 5.82. The minimum atomic E-state index is 0.126. The Morgan fingerprint density at radius 2 is 2.05 bits per heavy atom. The number of benzene rings is 1. The van der Waals surface area contributed by atoms with E-state index >= 15 is 0 Å². The minimum absolute atomic E-state index is 0.126. The number of nitrogens with zero attached hydrogens (tertiary/aromatic N) is 1. The predicted molar refractivity (Wildman–Crippen MR) is 87.6 cm³/mol. The quantitative estimate of drug-likeness (QED) is 0.845. The van der Waals surface area contributed by atoms with Crippen molar-refractivity contribution in [3.05, 3.63) is 29.8 Å². The molecule has 1 atom stereocenters. The van der Waals surface area contributed by atoms with Gasteiger partial charge in [-0.25, -0.2) is 0 Å². The van der Waals surface area contributed by atoms with Crippen molar-refractivity contribution in [3.63, 3.8) is 0 Å². The molecule has 1 aromatic carbocycles. The molecule has 0 aliphatic carbocycles. The Labute approximate surface area is 127 Å². The Morgan fingerprint density at radius 3 is 2.71 bits per heavy atom. The molecule has 0 fully saturated rings. The summed E-state index contributed by atoms with van der Waals surface area (Å²) in [5.74, 6) is 0.126. The zero-order valence-electron chi connectivity index (χ0n) is 13.4. The second-order valence-corrected chi connectivity index (χ2v) is 5.69.